The van der Waals surface area contributed by atoms with Crippen molar-refractivity contribution >= 4 is 21.8 Å². The standard InChI is InChI=1S/C18H19BrN2O2/c1-21(8-9-23-17-6-4-16(19)5-7-17)18(22)13-2-3-14-11-20-12-15(14)10-13/h2-7,10,20H,8-9,11-12H2,1H3. The van der Waals surface area contributed by atoms with Gasteiger partial charge in [0.1, 0.15) is 12.4 Å². The van der Waals surface area contributed by atoms with Gasteiger partial charge in [-0.25, -0.2) is 0 Å². The number of nitrogens with one attached hydrogen (secondary N) is 1. The van der Waals surface area contributed by atoms with Gasteiger partial charge in [0.15, 0.2) is 0 Å². The summed E-state index contributed by atoms with van der Waals surface area (Å²) in [5, 5.41) is 3.29. The molecule has 2 aromatic carbocycles. The van der Waals surface area contributed by atoms with Gasteiger partial charge < -0.3 is 15.0 Å². The Morgan fingerprint density at radius 3 is 2.70 bits per heavy atom. The number of hydrogen-bond donors (Lipinski definition) is 1. The molecular formula is C18H19BrN2O2. The van der Waals surface area contributed by atoms with E-state index in [-0.39, 0.29) is 5.91 Å². The molecule has 0 bridgehead atoms. The molecule has 1 aliphatic heterocycles. The number of nitrogens with zero attached hydrogens (tertiary/aromatic N) is 1. The van der Waals surface area contributed by atoms with Crippen molar-refractivity contribution in [1.29, 1.82) is 0 Å². The van der Waals surface area contributed by atoms with Crippen LogP contribution < -0.4 is 10.1 Å². The number of fused-ring (bicyclic) bond motifs is 1. The van der Waals surface area contributed by atoms with Gasteiger partial charge in [-0.1, -0.05) is 22.0 Å². The first-order chi connectivity index (χ1) is 11.1. The average Bonchev–Trinajstić information content (AvgIpc) is 3.03. The minimum atomic E-state index is 0.0270. The van der Waals surface area contributed by atoms with Crippen LogP contribution >= 0.6 is 15.9 Å². The first-order valence-electron chi connectivity index (χ1n) is 7.60. The summed E-state index contributed by atoms with van der Waals surface area (Å²) in [6.07, 6.45) is 0. The summed E-state index contributed by atoms with van der Waals surface area (Å²) >= 11 is 3.39. The van der Waals surface area contributed by atoms with Crippen molar-refractivity contribution in [2.75, 3.05) is 20.2 Å². The third-order valence-electron chi connectivity index (χ3n) is 3.94. The second kappa shape index (κ2) is 7.15. The van der Waals surface area contributed by atoms with Crippen LogP contribution in [-0.4, -0.2) is 31.0 Å². The van der Waals surface area contributed by atoms with Crippen LogP contribution in [0.4, 0.5) is 0 Å². The fourth-order valence-electron chi connectivity index (χ4n) is 2.58. The fraction of sp³-hybridized carbons (Fsp3) is 0.278. The first kappa shape index (κ1) is 16.0. The molecule has 5 heteroatoms. The van der Waals surface area contributed by atoms with E-state index in [2.05, 4.69) is 21.2 Å². The summed E-state index contributed by atoms with van der Waals surface area (Å²) in [5.41, 5.74) is 3.23. The number of likely N-dealkylation sites (N-methyl/N-ethyl adjacent to an activating group) is 1. The van der Waals surface area contributed by atoms with Gasteiger partial charge in [0, 0.05) is 30.2 Å². The highest BCUT2D eigenvalue weighted by molar-refractivity contribution is 9.10. The molecule has 0 atom stereocenters. The number of amides is 1. The molecule has 0 aromatic heterocycles. The lowest BCUT2D eigenvalue weighted by molar-refractivity contribution is 0.0773. The highest BCUT2D eigenvalue weighted by atomic mass is 79.9. The van der Waals surface area contributed by atoms with Crippen molar-refractivity contribution in [2.24, 2.45) is 0 Å². The first-order valence-corrected chi connectivity index (χ1v) is 8.39. The van der Waals surface area contributed by atoms with Crippen LogP contribution in [0, 0.1) is 0 Å². The molecule has 0 spiro atoms. The van der Waals surface area contributed by atoms with Crippen LogP contribution in [0.3, 0.4) is 0 Å². The zero-order chi connectivity index (χ0) is 16.2. The van der Waals surface area contributed by atoms with E-state index >= 15 is 0 Å². The maximum absolute atomic E-state index is 12.5. The van der Waals surface area contributed by atoms with Crippen LogP contribution in [0.2, 0.25) is 0 Å². The normalized spacial score (nSPS) is 12.8. The molecule has 0 saturated carbocycles. The van der Waals surface area contributed by atoms with E-state index in [0.717, 1.165) is 28.9 Å². The van der Waals surface area contributed by atoms with Crippen LogP contribution in [0.25, 0.3) is 0 Å². The SMILES string of the molecule is CN(CCOc1ccc(Br)cc1)C(=O)c1ccc2c(c1)CNC2. The largest absolute Gasteiger partial charge is 0.492 e. The van der Waals surface area contributed by atoms with Crippen molar-refractivity contribution in [3.8, 4) is 5.75 Å². The Balaban J connectivity index is 1.54. The lowest BCUT2D eigenvalue weighted by Gasteiger charge is -2.18. The lowest BCUT2D eigenvalue weighted by Crippen LogP contribution is -2.30. The molecule has 0 radical (unpaired) electrons. The van der Waals surface area contributed by atoms with Gasteiger partial charge in [0.2, 0.25) is 0 Å². The van der Waals surface area contributed by atoms with Gasteiger partial charge in [-0.2, -0.15) is 0 Å². The Bertz CT molecular complexity index is 701. The van der Waals surface area contributed by atoms with E-state index < -0.39 is 0 Å². The zero-order valence-corrected chi connectivity index (χ0v) is 14.6. The molecule has 0 saturated heterocycles. The summed E-state index contributed by atoms with van der Waals surface area (Å²) < 4.78 is 6.68. The van der Waals surface area contributed by atoms with E-state index in [9.17, 15) is 4.79 Å². The summed E-state index contributed by atoms with van der Waals surface area (Å²) in [6, 6.07) is 13.6. The summed E-state index contributed by atoms with van der Waals surface area (Å²) in [7, 11) is 1.80. The molecule has 0 unspecified atom stereocenters. The van der Waals surface area contributed by atoms with Gasteiger partial charge in [-0.3, -0.25) is 4.79 Å². The van der Waals surface area contributed by atoms with E-state index in [1.165, 1.54) is 11.1 Å². The molecule has 0 aliphatic carbocycles. The van der Waals surface area contributed by atoms with Crippen LogP contribution in [0.1, 0.15) is 21.5 Å². The summed E-state index contributed by atoms with van der Waals surface area (Å²) in [6.45, 7) is 2.74. The number of carbonyl (C=O) groups excluding carboxylic acids is 1. The monoisotopic (exact) mass is 374 g/mol. The smallest absolute Gasteiger partial charge is 0.253 e. The number of carbonyl (C=O) groups is 1. The van der Waals surface area contributed by atoms with Crippen LogP contribution in [0.5, 0.6) is 5.75 Å². The molecular weight excluding hydrogens is 356 g/mol. The summed E-state index contributed by atoms with van der Waals surface area (Å²) in [4.78, 5) is 14.2. The molecule has 23 heavy (non-hydrogen) atoms. The number of ether oxygens (including phenoxy) is 1. The molecule has 0 fully saturated rings. The molecule has 120 valence electrons. The molecule has 1 heterocycles. The molecule has 3 rings (SSSR count). The van der Waals surface area contributed by atoms with Crippen LogP contribution in [0.15, 0.2) is 46.9 Å². The Morgan fingerprint density at radius 1 is 1.17 bits per heavy atom. The highest BCUT2D eigenvalue weighted by Crippen LogP contribution is 2.18. The van der Waals surface area contributed by atoms with E-state index in [0.29, 0.717) is 13.2 Å². The van der Waals surface area contributed by atoms with Crippen molar-refractivity contribution in [2.45, 2.75) is 13.1 Å². The van der Waals surface area contributed by atoms with Crippen molar-refractivity contribution in [3.05, 3.63) is 63.6 Å². The van der Waals surface area contributed by atoms with Gasteiger partial charge >= 0.3 is 0 Å². The predicted molar refractivity (Wildman–Crippen MR) is 93.6 cm³/mol. The predicted octanol–water partition coefficient (Wildman–Crippen LogP) is 3.20. The number of hydrogen-bond acceptors (Lipinski definition) is 3. The van der Waals surface area contributed by atoms with Crippen LogP contribution in [-0.2, 0) is 13.1 Å². The maximum Gasteiger partial charge on any atom is 0.253 e. The quantitative estimate of drug-likeness (QED) is 0.873. The number of rotatable bonds is 5. The molecule has 1 aliphatic rings. The Hall–Kier alpha value is -1.85. The Morgan fingerprint density at radius 2 is 1.91 bits per heavy atom. The average molecular weight is 375 g/mol. The lowest BCUT2D eigenvalue weighted by atomic mass is 10.1. The maximum atomic E-state index is 12.5. The second-order valence-electron chi connectivity index (χ2n) is 5.62. The molecule has 2 aromatic rings. The molecule has 1 amide bonds. The number of benzene rings is 2. The van der Waals surface area contributed by atoms with E-state index in [1.54, 1.807) is 11.9 Å². The Kier molecular flexibility index (Phi) is 4.98. The van der Waals surface area contributed by atoms with Gasteiger partial charge in [-0.05, 0) is 47.5 Å². The third kappa shape index (κ3) is 3.92. The highest BCUT2D eigenvalue weighted by Gasteiger charge is 2.16. The topological polar surface area (TPSA) is 41.6 Å². The fourth-order valence-corrected chi connectivity index (χ4v) is 2.85. The van der Waals surface area contributed by atoms with Crippen molar-refractivity contribution in [3.63, 3.8) is 0 Å². The minimum absolute atomic E-state index is 0.0270. The van der Waals surface area contributed by atoms with Crippen molar-refractivity contribution in [1.82, 2.24) is 10.2 Å². The Labute approximate surface area is 144 Å². The van der Waals surface area contributed by atoms with Gasteiger partial charge in [-0.15, -0.1) is 0 Å². The second-order valence-corrected chi connectivity index (χ2v) is 6.53. The van der Waals surface area contributed by atoms with Gasteiger partial charge in [0.25, 0.3) is 5.91 Å². The van der Waals surface area contributed by atoms with Gasteiger partial charge in [0.05, 0.1) is 6.54 Å². The molecule has 1 N–H and O–H groups in total. The third-order valence-corrected chi connectivity index (χ3v) is 4.47. The minimum Gasteiger partial charge on any atom is -0.492 e. The molecule has 4 nitrogen and oxygen atoms in total. The number of halogens is 1. The van der Waals surface area contributed by atoms with E-state index in [1.807, 2.05) is 42.5 Å². The summed E-state index contributed by atoms with van der Waals surface area (Å²) in [5.74, 6) is 0.830. The zero-order valence-electron chi connectivity index (χ0n) is 13.0. The van der Waals surface area contributed by atoms with E-state index in [4.69, 9.17) is 4.74 Å². The van der Waals surface area contributed by atoms with Crippen molar-refractivity contribution < 1.29 is 9.53 Å².